The van der Waals surface area contributed by atoms with Crippen LogP contribution in [0.25, 0.3) is 11.3 Å². The molecule has 0 saturated carbocycles. The van der Waals surface area contributed by atoms with E-state index in [1.54, 1.807) is 12.1 Å². The molecule has 3 heterocycles. The number of hydrogen-bond acceptors (Lipinski definition) is 8. The second-order valence-corrected chi connectivity index (χ2v) is 12.6. The van der Waals surface area contributed by atoms with Crippen LogP contribution in [0.2, 0.25) is 0 Å². The topological polar surface area (TPSA) is 128 Å². The summed E-state index contributed by atoms with van der Waals surface area (Å²) in [5, 5.41) is -0.363. The molecule has 1 saturated heterocycles. The molecule has 1 aliphatic rings. The van der Waals surface area contributed by atoms with Crippen molar-refractivity contribution in [1.29, 1.82) is 0 Å². The number of halogens is 1. The van der Waals surface area contributed by atoms with Gasteiger partial charge in [-0.3, -0.25) is 4.79 Å². The third-order valence-electron chi connectivity index (χ3n) is 6.65. The SMILES string of the molecule is CC(C)COc1cc(F)cc(-c2ccc(C(=O)NS(=O)(=O)c3cccc(N)n3)c(N3CCC(C)CC(C)C3)n2)c1. The van der Waals surface area contributed by atoms with E-state index in [9.17, 15) is 17.6 Å². The summed E-state index contributed by atoms with van der Waals surface area (Å²) >= 11 is 0. The van der Waals surface area contributed by atoms with Crippen LogP contribution in [0.5, 0.6) is 5.75 Å². The smallest absolute Gasteiger partial charge is 0.281 e. The van der Waals surface area contributed by atoms with Crippen molar-refractivity contribution in [2.75, 3.05) is 30.3 Å². The zero-order chi connectivity index (χ0) is 29.0. The summed E-state index contributed by atoms with van der Waals surface area (Å²) in [6.45, 7) is 10.0. The summed E-state index contributed by atoms with van der Waals surface area (Å²) < 4.78 is 48.3. The Morgan fingerprint density at radius 1 is 1.15 bits per heavy atom. The monoisotopic (exact) mass is 569 g/mol. The van der Waals surface area contributed by atoms with Crippen molar-refractivity contribution >= 4 is 27.6 Å². The van der Waals surface area contributed by atoms with Crippen molar-refractivity contribution in [3.63, 3.8) is 0 Å². The summed E-state index contributed by atoms with van der Waals surface area (Å²) in [6.07, 6.45) is 1.91. The van der Waals surface area contributed by atoms with Crippen LogP contribution in [-0.2, 0) is 10.0 Å². The maximum absolute atomic E-state index is 14.6. The van der Waals surface area contributed by atoms with Crippen molar-refractivity contribution in [2.24, 2.45) is 17.8 Å². The second-order valence-electron chi connectivity index (χ2n) is 11.0. The fraction of sp³-hybridized carbons (Fsp3) is 0.414. The molecule has 2 aromatic heterocycles. The molecule has 4 rings (SSSR count). The molecule has 1 fully saturated rings. The number of amides is 1. The first kappa shape index (κ1) is 29.3. The van der Waals surface area contributed by atoms with Gasteiger partial charge >= 0.3 is 0 Å². The van der Waals surface area contributed by atoms with E-state index >= 15 is 0 Å². The quantitative estimate of drug-likeness (QED) is 0.393. The Kier molecular flexibility index (Phi) is 8.92. The number of nitrogen functional groups attached to an aromatic ring is 1. The molecule has 0 aliphatic carbocycles. The first-order chi connectivity index (χ1) is 18.9. The zero-order valence-electron chi connectivity index (χ0n) is 23.2. The Morgan fingerprint density at radius 3 is 2.65 bits per heavy atom. The number of nitrogens with two attached hydrogens (primary N) is 1. The number of nitrogens with zero attached hydrogens (tertiary/aromatic N) is 3. The van der Waals surface area contributed by atoms with Crippen LogP contribution in [0, 0.1) is 23.6 Å². The molecule has 9 nitrogen and oxygen atoms in total. The summed E-state index contributed by atoms with van der Waals surface area (Å²) in [5.74, 6) is 0.487. The minimum atomic E-state index is -4.29. The zero-order valence-corrected chi connectivity index (χ0v) is 24.0. The maximum atomic E-state index is 14.6. The van der Waals surface area contributed by atoms with Gasteiger partial charge in [0.25, 0.3) is 15.9 Å². The lowest BCUT2D eigenvalue weighted by Crippen LogP contribution is -2.35. The lowest BCUT2D eigenvalue weighted by molar-refractivity contribution is 0.0981. The van der Waals surface area contributed by atoms with Gasteiger partial charge in [0.2, 0.25) is 0 Å². The van der Waals surface area contributed by atoms with Gasteiger partial charge in [-0.1, -0.05) is 33.8 Å². The van der Waals surface area contributed by atoms with Gasteiger partial charge < -0.3 is 15.4 Å². The van der Waals surface area contributed by atoms with Crippen molar-refractivity contribution in [3.05, 3.63) is 59.9 Å². The fourth-order valence-corrected chi connectivity index (χ4v) is 5.75. The maximum Gasteiger partial charge on any atom is 0.281 e. The molecule has 1 aromatic carbocycles. The van der Waals surface area contributed by atoms with E-state index in [-0.39, 0.29) is 22.3 Å². The van der Waals surface area contributed by atoms with Gasteiger partial charge in [0, 0.05) is 24.7 Å². The number of anilines is 2. The molecule has 40 heavy (non-hydrogen) atoms. The normalized spacial score (nSPS) is 17.9. The molecule has 0 spiro atoms. The van der Waals surface area contributed by atoms with E-state index in [0.717, 1.165) is 12.8 Å². The number of carbonyl (C=O) groups is 1. The predicted octanol–water partition coefficient (Wildman–Crippen LogP) is 4.89. The van der Waals surface area contributed by atoms with Crippen molar-refractivity contribution in [1.82, 2.24) is 14.7 Å². The number of ether oxygens (including phenoxy) is 1. The molecule has 0 radical (unpaired) electrons. The van der Waals surface area contributed by atoms with E-state index in [2.05, 4.69) is 23.6 Å². The van der Waals surface area contributed by atoms with E-state index in [0.29, 0.717) is 54.4 Å². The van der Waals surface area contributed by atoms with Gasteiger partial charge in [-0.2, -0.15) is 8.42 Å². The summed E-state index contributed by atoms with van der Waals surface area (Å²) in [6, 6.07) is 11.6. The average Bonchev–Trinajstić information content (AvgIpc) is 3.06. The highest BCUT2D eigenvalue weighted by atomic mass is 32.2. The Labute approximate surface area is 235 Å². The van der Waals surface area contributed by atoms with Gasteiger partial charge in [0.15, 0.2) is 5.03 Å². The Balaban J connectivity index is 1.74. The average molecular weight is 570 g/mol. The van der Waals surface area contributed by atoms with Crippen LogP contribution >= 0.6 is 0 Å². The summed E-state index contributed by atoms with van der Waals surface area (Å²) in [4.78, 5) is 24.1. The molecule has 3 aromatic rings. The van der Waals surface area contributed by atoms with Crippen molar-refractivity contribution in [2.45, 2.75) is 45.6 Å². The van der Waals surface area contributed by atoms with Gasteiger partial charge in [0.1, 0.15) is 23.2 Å². The molecule has 2 atom stereocenters. The Morgan fingerprint density at radius 2 is 1.93 bits per heavy atom. The van der Waals surface area contributed by atoms with E-state index < -0.39 is 21.7 Å². The first-order valence-corrected chi connectivity index (χ1v) is 14.9. The second kappa shape index (κ2) is 12.2. The van der Waals surface area contributed by atoms with Crippen LogP contribution in [0.15, 0.2) is 53.6 Å². The van der Waals surface area contributed by atoms with Crippen LogP contribution in [0.3, 0.4) is 0 Å². The molecule has 11 heteroatoms. The number of pyridine rings is 2. The van der Waals surface area contributed by atoms with Gasteiger partial charge in [-0.25, -0.2) is 19.1 Å². The lowest BCUT2D eigenvalue weighted by Gasteiger charge is -2.26. The van der Waals surface area contributed by atoms with Crippen LogP contribution < -0.4 is 20.1 Å². The third-order valence-corrected chi connectivity index (χ3v) is 7.88. The summed E-state index contributed by atoms with van der Waals surface area (Å²) in [5.41, 5.74) is 6.65. The van der Waals surface area contributed by atoms with Crippen LogP contribution in [0.4, 0.5) is 16.0 Å². The molecular formula is C29H36FN5O4S. The number of hydrogen-bond donors (Lipinski definition) is 2. The van der Waals surface area contributed by atoms with Gasteiger partial charge in [0.05, 0.1) is 17.9 Å². The largest absolute Gasteiger partial charge is 0.493 e. The van der Waals surface area contributed by atoms with E-state index in [1.807, 2.05) is 18.7 Å². The molecule has 2 unspecified atom stereocenters. The highest BCUT2D eigenvalue weighted by molar-refractivity contribution is 7.90. The van der Waals surface area contributed by atoms with Crippen LogP contribution in [0.1, 0.15) is 50.9 Å². The van der Waals surface area contributed by atoms with Gasteiger partial charge in [-0.15, -0.1) is 0 Å². The lowest BCUT2D eigenvalue weighted by atomic mass is 9.97. The highest BCUT2D eigenvalue weighted by Gasteiger charge is 2.28. The van der Waals surface area contributed by atoms with Crippen molar-refractivity contribution in [3.8, 4) is 17.0 Å². The first-order valence-electron chi connectivity index (χ1n) is 13.4. The molecule has 3 N–H and O–H groups in total. The number of benzene rings is 1. The minimum Gasteiger partial charge on any atom is -0.493 e. The molecule has 214 valence electrons. The standard InChI is InChI=1S/C29H36FN5O4S/c1-18(2)17-39-23-14-21(13-22(30)15-23)25-9-8-24(28(32-25)35-11-10-19(3)12-20(4)16-35)29(36)34-40(37,38)27-7-5-6-26(31)33-27/h5-9,13-15,18-20H,10-12,16-17H2,1-4H3,(H2,31,33)(H,34,36). The molecular weight excluding hydrogens is 533 g/mol. The minimum absolute atomic E-state index is 0.0153. The summed E-state index contributed by atoms with van der Waals surface area (Å²) in [7, 11) is -4.29. The number of nitrogens with one attached hydrogen (secondary N) is 1. The predicted molar refractivity (Wildman–Crippen MR) is 153 cm³/mol. The number of aromatic nitrogens is 2. The molecule has 1 amide bonds. The fourth-order valence-electron chi connectivity index (χ4n) is 4.81. The van der Waals surface area contributed by atoms with Crippen LogP contribution in [-0.4, -0.2) is 44.0 Å². The molecule has 0 bridgehead atoms. The Hall–Kier alpha value is -3.73. The van der Waals surface area contributed by atoms with Crippen molar-refractivity contribution < 1.29 is 22.3 Å². The molecule has 1 aliphatic heterocycles. The Bertz CT molecular complexity index is 1480. The number of rotatable bonds is 8. The number of carbonyl (C=O) groups excluding carboxylic acids is 1. The van der Waals surface area contributed by atoms with E-state index in [1.165, 1.54) is 36.4 Å². The van der Waals surface area contributed by atoms with E-state index in [4.69, 9.17) is 15.5 Å². The van der Waals surface area contributed by atoms with Gasteiger partial charge in [-0.05, 0) is 67.0 Å². The highest BCUT2D eigenvalue weighted by Crippen LogP contribution is 2.31. The third kappa shape index (κ3) is 7.26. The number of sulfonamides is 1.